The summed E-state index contributed by atoms with van der Waals surface area (Å²) in [6.45, 7) is 0.723. The van der Waals surface area contributed by atoms with Gasteiger partial charge in [-0.05, 0) is 68.3 Å². The summed E-state index contributed by atoms with van der Waals surface area (Å²) >= 11 is 0. The van der Waals surface area contributed by atoms with Gasteiger partial charge in [0, 0.05) is 23.0 Å². The molecule has 0 bridgehead atoms. The lowest BCUT2D eigenvalue weighted by Crippen LogP contribution is -2.53. The average Bonchev–Trinajstić information content (AvgIpc) is 3.37. The van der Waals surface area contributed by atoms with Crippen LogP contribution < -0.4 is 15.4 Å². The summed E-state index contributed by atoms with van der Waals surface area (Å²) in [5, 5.41) is 5.84. The number of rotatable bonds is 3. The molecule has 0 aliphatic carbocycles. The standard InChI is InChI=1S/C22H22FN3O3/c1-29-16-7-5-14(6-8-16)24-20(27)18-12-15-3-2-10-26(15)22(18)17-11-13(23)4-9-19(17)25-21(22)28/h4-9,11,15,18H,2-3,10,12H2,1H3,(H,24,27)(H,25,28)/t15-,18+,22-/m0/s1. The van der Waals surface area contributed by atoms with Crippen molar-refractivity contribution in [3.63, 3.8) is 0 Å². The van der Waals surface area contributed by atoms with E-state index in [1.54, 1.807) is 37.4 Å². The molecule has 0 unspecified atom stereocenters. The molecule has 2 amide bonds. The first-order valence-electron chi connectivity index (χ1n) is 9.87. The molecule has 0 saturated carbocycles. The van der Waals surface area contributed by atoms with E-state index in [9.17, 15) is 14.0 Å². The molecule has 3 heterocycles. The molecule has 3 atom stereocenters. The maximum atomic E-state index is 14.1. The van der Waals surface area contributed by atoms with Gasteiger partial charge < -0.3 is 15.4 Å². The van der Waals surface area contributed by atoms with Crippen LogP contribution in [0.4, 0.5) is 15.8 Å². The van der Waals surface area contributed by atoms with Crippen LogP contribution in [-0.2, 0) is 15.1 Å². The van der Waals surface area contributed by atoms with E-state index in [0.29, 0.717) is 29.1 Å². The quantitative estimate of drug-likeness (QED) is 0.838. The lowest BCUT2D eigenvalue weighted by Gasteiger charge is -2.36. The lowest BCUT2D eigenvalue weighted by atomic mass is 9.78. The highest BCUT2D eigenvalue weighted by molar-refractivity contribution is 6.10. The normalized spacial score (nSPS) is 27.6. The van der Waals surface area contributed by atoms with E-state index in [4.69, 9.17) is 4.74 Å². The van der Waals surface area contributed by atoms with Crippen molar-refractivity contribution in [2.75, 3.05) is 24.3 Å². The highest BCUT2D eigenvalue weighted by atomic mass is 19.1. The predicted octanol–water partition coefficient (Wildman–Crippen LogP) is 3.10. The first-order chi connectivity index (χ1) is 14.0. The number of benzene rings is 2. The fraction of sp³-hybridized carbons (Fsp3) is 0.364. The Morgan fingerprint density at radius 2 is 2.07 bits per heavy atom. The lowest BCUT2D eigenvalue weighted by molar-refractivity contribution is -0.135. The maximum absolute atomic E-state index is 14.1. The molecule has 3 aliphatic rings. The second-order valence-electron chi connectivity index (χ2n) is 7.91. The summed E-state index contributed by atoms with van der Waals surface area (Å²) in [6, 6.07) is 11.5. The molecular formula is C22H22FN3O3. The Kier molecular flexibility index (Phi) is 4.10. The van der Waals surface area contributed by atoms with Gasteiger partial charge in [0.15, 0.2) is 0 Å². The van der Waals surface area contributed by atoms with E-state index >= 15 is 0 Å². The fourth-order valence-corrected chi connectivity index (χ4v) is 5.30. The number of methoxy groups -OCH3 is 1. The summed E-state index contributed by atoms with van der Waals surface area (Å²) < 4.78 is 19.3. The SMILES string of the molecule is COc1ccc(NC(=O)[C@H]2C[C@@H]3CCCN3[C@]23C(=O)Nc2ccc(F)cc23)cc1. The Hall–Kier alpha value is -2.93. The van der Waals surface area contributed by atoms with Gasteiger partial charge in [-0.15, -0.1) is 0 Å². The summed E-state index contributed by atoms with van der Waals surface area (Å²) in [6.07, 6.45) is 2.48. The molecule has 150 valence electrons. The molecule has 2 aromatic rings. The number of anilines is 2. The fourth-order valence-electron chi connectivity index (χ4n) is 5.30. The van der Waals surface area contributed by atoms with Crippen molar-refractivity contribution in [1.82, 2.24) is 4.90 Å². The number of carbonyl (C=O) groups is 2. The minimum Gasteiger partial charge on any atom is -0.497 e. The van der Waals surface area contributed by atoms with Crippen LogP contribution in [0.2, 0.25) is 0 Å². The third-order valence-corrected chi connectivity index (χ3v) is 6.50. The van der Waals surface area contributed by atoms with Crippen LogP contribution in [-0.4, -0.2) is 36.4 Å². The van der Waals surface area contributed by atoms with Gasteiger partial charge in [-0.1, -0.05) is 0 Å². The van der Waals surface area contributed by atoms with Crippen molar-refractivity contribution in [3.8, 4) is 5.75 Å². The van der Waals surface area contributed by atoms with Gasteiger partial charge in [0.05, 0.1) is 13.0 Å². The Bertz CT molecular complexity index is 993. The molecule has 2 saturated heterocycles. The van der Waals surface area contributed by atoms with Crippen LogP contribution in [0.5, 0.6) is 5.75 Å². The van der Waals surface area contributed by atoms with Gasteiger partial charge in [0.2, 0.25) is 11.8 Å². The molecular weight excluding hydrogens is 373 g/mol. The van der Waals surface area contributed by atoms with Crippen molar-refractivity contribution in [3.05, 3.63) is 53.8 Å². The number of ether oxygens (including phenoxy) is 1. The van der Waals surface area contributed by atoms with Gasteiger partial charge in [0.25, 0.3) is 0 Å². The average molecular weight is 395 g/mol. The smallest absolute Gasteiger partial charge is 0.250 e. The van der Waals surface area contributed by atoms with Crippen LogP contribution in [0.15, 0.2) is 42.5 Å². The van der Waals surface area contributed by atoms with Gasteiger partial charge >= 0.3 is 0 Å². The zero-order valence-corrected chi connectivity index (χ0v) is 16.1. The second-order valence-corrected chi connectivity index (χ2v) is 7.91. The minimum absolute atomic E-state index is 0.140. The van der Waals surface area contributed by atoms with Gasteiger partial charge in [-0.3, -0.25) is 14.5 Å². The van der Waals surface area contributed by atoms with Crippen LogP contribution >= 0.6 is 0 Å². The number of hydrogen-bond acceptors (Lipinski definition) is 4. The van der Waals surface area contributed by atoms with E-state index in [0.717, 1.165) is 19.4 Å². The molecule has 2 fully saturated rings. The van der Waals surface area contributed by atoms with Crippen molar-refractivity contribution < 1.29 is 18.7 Å². The van der Waals surface area contributed by atoms with Crippen molar-refractivity contribution in [1.29, 1.82) is 0 Å². The van der Waals surface area contributed by atoms with Crippen molar-refractivity contribution in [2.45, 2.75) is 30.8 Å². The number of carbonyl (C=O) groups excluding carboxylic acids is 2. The monoisotopic (exact) mass is 395 g/mol. The molecule has 2 aromatic carbocycles. The minimum atomic E-state index is -1.16. The number of nitrogens with one attached hydrogen (secondary N) is 2. The number of nitrogens with zero attached hydrogens (tertiary/aromatic N) is 1. The number of halogens is 1. The van der Waals surface area contributed by atoms with Gasteiger partial charge in [-0.2, -0.15) is 0 Å². The molecule has 7 heteroatoms. The van der Waals surface area contributed by atoms with Crippen LogP contribution in [0.25, 0.3) is 0 Å². The third-order valence-electron chi connectivity index (χ3n) is 6.50. The summed E-state index contributed by atoms with van der Waals surface area (Å²) in [5.41, 5.74) is 0.638. The van der Waals surface area contributed by atoms with E-state index in [1.807, 2.05) is 0 Å². The first kappa shape index (κ1) is 18.1. The summed E-state index contributed by atoms with van der Waals surface area (Å²) in [7, 11) is 1.58. The Morgan fingerprint density at radius 1 is 1.28 bits per heavy atom. The predicted molar refractivity (Wildman–Crippen MR) is 106 cm³/mol. The van der Waals surface area contributed by atoms with E-state index in [2.05, 4.69) is 15.5 Å². The number of hydrogen-bond donors (Lipinski definition) is 2. The topological polar surface area (TPSA) is 70.7 Å². The van der Waals surface area contributed by atoms with Gasteiger partial charge in [-0.25, -0.2) is 4.39 Å². The van der Waals surface area contributed by atoms with Crippen LogP contribution in [0.3, 0.4) is 0 Å². The molecule has 29 heavy (non-hydrogen) atoms. The summed E-state index contributed by atoms with van der Waals surface area (Å²) in [4.78, 5) is 28.8. The largest absolute Gasteiger partial charge is 0.497 e. The van der Waals surface area contributed by atoms with E-state index in [1.165, 1.54) is 12.1 Å². The molecule has 1 spiro atoms. The van der Waals surface area contributed by atoms with E-state index < -0.39 is 17.3 Å². The number of fused-ring (bicyclic) bond motifs is 4. The van der Waals surface area contributed by atoms with Crippen molar-refractivity contribution in [2.24, 2.45) is 5.92 Å². The molecule has 2 N–H and O–H groups in total. The first-order valence-corrected chi connectivity index (χ1v) is 9.87. The second kappa shape index (κ2) is 6.56. The van der Waals surface area contributed by atoms with Gasteiger partial charge in [0.1, 0.15) is 17.1 Å². The third kappa shape index (κ3) is 2.57. The molecule has 5 rings (SSSR count). The Morgan fingerprint density at radius 3 is 2.83 bits per heavy atom. The maximum Gasteiger partial charge on any atom is 0.250 e. The molecule has 0 aromatic heterocycles. The Labute approximate surface area is 168 Å². The highest BCUT2D eigenvalue weighted by Gasteiger charge is 2.65. The molecule has 0 radical (unpaired) electrons. The van der Waals surface area contributed by atoms with Crippen molar-refractivity contribution >= 4 is 23.2 Å². The molecule has 3 aliphatic heterocycles. The molecule has 6 nitrogen and oxygen atoms in total. The Balaban J connectivity index is 1.55. The highest BCUT2D eigenvalue weighted by Crippen LogP contribution is 2.55. The number of amides is 2. The van der Waals surface area contributed by atoms with Crippen LogP contribution in [0, 0.1) is 11.7 Å². The van der Waals surface area contributed by atoms with Crippen LogP contribution in [0.1, 0.15) is 24.8 Å². The summed E-state index contributed by atoms with van der Waals surface area (Å²) in [5.74, 6) is -0.774. The zero-order valence-electron chi connectivity index (χ0n) is 16.1. The van der Waals surface area contributed by atoms with E-state index in [-0.39, 0.29) is 17.9 Å². The zero-order chi connectivity index (χ0) is 20.2.